The van der Waals surface area contributed by atoms with Crippen molar-refractivity contribution in [1.29, 1.82) is 0 Å². The van der Waals surface area contributed by atoms with Crippen LogP contribution in [0.5, 0.6) is 5.75 Å². The SMILES string of the molecule is Cc1cc(CN2CCCC(C)C2)cc(C(=O)C=CN(C)C)c1O. The van der Waals surface area contributed by atoms with Gasteiger partial charge in [-0.2, -0.15) is 0 Å². The molecule has 0 aliphatic carbocycles. The highest BCUT2D eigenvalue weighted by Crippen LogP contribution is 2.26. The Morgan fingerprint density at radius 3 is 2.83 bits per heavy atom. The van der Waals surface area contributed by atoms with Crippen molar-refractivity contribution in [3.8, 4) is 5.75 Å². The number of aryl methyl sites for hydroxylation is 1. The third kappa shape index (κ3) is 4.83. The number of phenolic OH excluding ortho intramolecular Hbond substituents is 1. The van der Waals surface area contributed by atoms with Crippen LogP contribution in [0, 0.1) is 12.8 Å². The number of nitrogens with zero attached hydrogens (tertiary/aromatic N) is 2. The molecule has 0 aromatic heterocycles. The summed E-state index contributed by atoms with van der Waals surface area (Å²) in [5.41, 5.74) is 2.24. The number of carbonyl (C=O) groups is 1. The highest BCUT2D eigenvalue weighted by Gasteiger charge is 2.18. The number of piperidine rings is 1. The summed E-state index contributed by atoms with van der Waals surface area (Å²) in [6.07, 6.45) is 5.73. The lowest BCUT2D eigenvalue weighted by atomic mass is 9.98. The van der Waals surface area contributed by atoms with Crippen LogP contribution in [0.15, 0.2) is 24.4 Å². The fraction of sp³-hybridized carbons (Fsp3) is 0.526. The molecular weight excluding hydrogens is 288 g/mol. The van der Waals surface area contributed by atoms with Crippen LogP contribution in [0.3, 0.4) is 0 Å². The van der Waals surface area contributed by atoms with Crippen LogP contribution >= 0.6 is 0 Å². The number of likely N-dealkylation sites (tertiary alicyclic amines) is 1. The fourth-order valence-electron chi connectivity index (χ4n) is 3.13. The molecule has 1 saturated heterocycles. The van der Waals surface area contributed by atoms with Crippen molar-refractivity contribution in [1.82, 2.24) is 9.80 Å². The molecule has 126 valence electrons. The lowest BCUT2D eigenvalue weighted by Gasteiger charge is -2.31. The molecule has 0 radical (unpaired) electrons. The monoisotopic (exact) mass is 316 g/mol. The number of rotatable bonds is 5. The minimum absolute atomic E-state index is 0.0918. The number of carbonyl (C=O) groups excluding carboxylic acids is 1. The van der Waals surface area contributed by atoms with E-state index in [0.29, 0.717) is 5.56 Å². The summed E-state index contributed by atoms with van der Waals surface area (Å²) in [4.78, 5) is 16.6. The molecule has 4 heteroatoms. The van der Waals surface area contributed by atoms with E-state index in [-0.39, 0.29) is 11.5 Å². The molecule has 1 fully saturated rings. The molecule has 0 amide bonds. The van der Waals surface area contributed by atoms with Gasteiger partial charge in [0, 0.05) is 39.5 Å². The molecule has 0 saturated carbocycles. The molecule has 1 atom stereocenters. The van der Waals surface area contributed by atoms with Crippen molar-refractivity contribution in [2.24, 2.45) is 5.92 Å². The first-order valence-electron chi connectivity index (χ1n) is 8.30. The normalized spacial score (nSPS) is 19.2. The third-order valence-corrected chi connectivity index (χ3v) is 4.30. The molecule has 1 aromatic rings. The zero-order valence-corrected chi connectivity index (χ0v) is 14.7. The van der Waals surface area contributed by atoms with Crippen LogP contribution in [0.4, 0.5) is 0 Å². The maximum absolute atomic E-state index is 12.3. The molecule has 0 spiro atoms. The Morgan fingerprint density at radius 1 is 1.43 bits per heavy atom. The highest BCUT2D eigenvalue weighted by atomic mass is 16.3. The maximum atomic E-state index is 12.3. The molecule has 1 unspecified atom stereocenters. The lowest BCUT2D eigenvalue weighted by molar-refractivity contribution is 0.104. The van der Waals surface area contributed by atoms with Crippen molar-refractivity contribution in [2.45, 2.75) is 33.2 Å². The van der Waals surface area contributed by atoms with Crippen molar-refractivity contribution < 1.29 is 9.90 Å². The summed E-state index contributed by atoms with van der Waals surface area (Å²) in [7, 11) is 3.73. The molecule has 2 rings (SSSR count). The summed E-state index contributed by atoms with van der Waals surface area (Å²) >= 11 is 0. The van der Waals surface area contributed by atoms with Crippen molar-refractivity contribution in [3.63, 3.8) is 0 Å². The summed E-state index contributed by atoms with van der Waals surface area (Å²) in [5.74, 6) is 0.661. The van der Waals surface area contributed by atoms with Gasteiger partial charge in [0.2, 0.25) is 0 Å². The van der Waals surface area contributed by atoms with Gasteiger partial charge >= 0.3 is 0 Å². The minimum Gasteiger partial charge on any atom is -0.507 e. The van der Waals surface area contributed by atoms with Gasteiger partial charge in [-0.3, -0.25) is 9.69 Å². The Balaban J connectivity index is 2.20. The molecule has 1 aliphatic heterocycles. The fourth-order valence-corrected chi connectivity index (χ4v) is 3.13. The highest BCUT2D eigenvalue weighted by molar-refractivity contribution is 6.06. The van der Waals surface area contributed by atoms with E-state index in [4.69, 9.17) is 0 Å². The van der Waals surface area contributed by atoms with Gasteiger partial charge in [-0.1, -0.05) is 13.0 Å². The lowest BCUT2D eigenvalue weighted by Crippen LogP contribution is -2.33. The number of allylic oxidation sites excluding steroid dienone is 1. The van der Waals surface area contributed by atoms with Crippen molar-refractivity contribution in [3.05, 3.63) is 41.1 Å². The molecule has 1 aromatic carbocycles. The van der Waals surface area contributed by atoms with E-state index in [1.807, 2.05) is 33.2 Å². The second kappa shape index (κ2) is 7.64. The summed E-state index contributed by atoms with van der Waals surface area (Å²) in [6, 6.07) is 3.82. The van der Waals surface area contributed by atoms with Gasteiger partial charge in [0.05, 0.1) is 5.56 Å². The average Bonchev–Trinajstić information content (AvgIpc) is 2.48. The Kier molecular flexibility index (Phi) is 5.83. The standard InChI is InChI=1S/C19H28N2O2/c1-14-6-5-8-21(12-14)13-16-10-15(2)19(23)17(11-16)18(22)7-9-20(3)4/h7,9-11,14,23H,5-6,8,12-13H2,1-4H3. The van der Waals surface area contributed by atoms with Gasteiger partial charge < -0.3 is 10.0 Å². The van der Waals surface area contributed by atoms with E-state index in [2.05, 4.69) is 11.8 Å². The van der Waals surface area contributed by atoms with Crippen LogP contribution in [0.1, 0.15) is 41.3 Å². The summed E-state index contributed by atoms with van der Waals surface area (Å²) in [6.45, 7) is 7.18. The molecule has 1 heterocycles. The molecule has 1 aliphatic rings. The predicted octanol–water partition coefficient (Wildman–Crippen LogP) is 3.19. The number of phenols is 1. The van der Waals surface area contributed by atoms with Crippen LogP contribution in [0.2, 0.25) is 0 Å². The Hall–Kier alpha value is -1.81. The van der Waals surface area contributed by atoms with E-state index in [0.717, 1.165) is 36.7 Å². The van der Waals surface area contributed by atoms with Gasteiger partial charge in [0.25, 0.3) is 0 Å². The van der Waals surface area contributed by atoms with Crippen LogP contribution in [-0.4, -0.2) is 47.9 Å². The first-order chi connectivity index (χ1) is 10.9. The zero-order valence-electron chi connectivity index (χ0n) is 14.7. The van der Waals surface area contributed by atoms with E-state index in [9.17, 15) is 9.90 Å². The number of aromatic hydroxyl groups is 1. The van der Waals surface area contributed by atoms with Crippen LogP contribution < -0.4 is 0 Å². The average molecular weight is 316 g/mol. The smallest absolute Gasteiger partial charge is 0.191 e. The topological polar surface area (TPSA) is 43.8 Å². The summed E-state index contributed by atoms with van der Waals surface area (Å²) < 4.78 is 0. The van der Waals surface area contributed by atoms with E-state index in [1.165, 1.54) is 18.9 Å². The predicted molar refractivity (Wildman–Crippen MR) is 93.7 cm³/mol. The number of hydrogen-bond donors (Lipinski definition) is 1. The largest absolute Gasteiger partial charge is 0.507 e. The zero-order chi connectivity index (χ0) is 17.0. The van der Waals surface area contributed by atoms with E-state index < -0.39 is 0 Å². The molecular formula is C19H28N2O2. The minimum atomic E-state index is -0.159. The molecule has 0 bridgehead atoms. The third-order valence-electron chi connectivity index (χ3n) is 4.30. The van der Waals surface area contributed by atoms with Gasteiger partial charge in [0.1, 0.15) is 5.75 Å². The number of benzene rings is 1. The molecule has 23 heavy (non-hydrogen) atoms. The second-order valence-electron chi connectivity index (χ2n) is 6.94. The quantitative estimate of drug-likeness (QED) is 0.669. The van der Waals surface area contributed by atoms with Gasteiger partial charge in [-0.25, -0.2) is 0 Å². The number of hydrogen-bond acceptors (Lipinski definition) is 4. The van der Waals surface area contributed by atoms with E-state index in [1.54, 1.807) is 11.1 Å². The van der Waals surface area contributed by atoms with Gasteiger partial charge in [0.15, 0.2) is 5.78 Å². The summed E-state index contributed by atoms with van der Waals surface area (Å²) in [5, 5.41) is 10.2. The maximum Gasteiger partial charge on any atom is 0.191 e. The van der Waals surface area contributed by atoms with Gasteiger partial charge in [-0.05, 0) is 49.4 Å². The Labute approximate surface area is 139 Å². The van der Waals surface area contributed by atoms with Crippen LogP contribution in [0.25, 0.3) is 0 Å². The van der Waals surface area contributed by atoms with E-state index >= 15 is 0 Å². The first-order valence-corrected chi connectivity index (χ1v) is 8.30. The second-order valence-corrected chi connectivity index (χ2v) is 6.94. The van der Waals surface area contributed by atoms with Gasteiger partial charge in [-0.15, -0.1) is 0 Å². The Bertz CT molecular complexity index is 593. The molecule has 4 nitrogen and oxygen atoms in total. The van der Waals surface area contributed by atoms with Crippen molar-refractivity contribution >= 4 is 5.78 Å². The Morgan fingerprint density at radius 2 is 2.17 bits per heavy atom. The van der Waals surface area contributed by atoms with Crippen molar-refractivity contribution in [2.75, 3.05) is 27.2 Å². The first kappa shape index (κ1) is 17.5. The number of ketones is 1. The van der Waals surface area contributed by atoms with Crippen LogP contribution in [-0.2, 0) is 6.54 Å². The molecule has 1 N–H and O–H groups in total.